The van der Waals surface area contributed by atoms with Crippen LogP contribution in [-0.4, -0.2) is 17.4 Å². The molecule has 3 aromatic rings. The summed E-state index contributed by atoms with van der Waals surface area (Å²) in [5.74, 6) is 0.152. The molecule has 1 aliphatic heterocycles. The van der Waals surface area contributed by atoms with Gasteiger partial charge < -0.3 is 10.2 Å². The van der Waals surface area contributed by atoms with E-state index in [9.17, 15) is 4.79 Å². The summed E-state index contributed by atoms with van der Waals surface area (Å²) >= 11 is 0. The number of benzene rings is 2. The fourth-order valence-corrected chi connectivity index (χ4v) is 3.62. The van der Waals surface area contributed by atoms with E-state index in [-0.39, 0.29) is 5.91 Å². The molecule has 4 nitrogen and oxygen atoms in total. The third kappa shape index (κ3) is 3.43. The van der Waals surface area contributed by atoms with Crippen molar-refractivity contribution in [2.45, 2.75) is 26.2 Å². The number of anilines is 3. The second kappa shape index (κ2) is 7.23. The highest BCUT2D eigenvalue weighted by Crippen LogP contribution is 2.34. The Labute approximate surface area is 159 Å². The van der Waals surface area contributed by atoms with Gasteiger partial charge in [0.1, 0.15) is 5.69 Å². The molecule has 1 amide bonds. The summed E-state index contributed by atoms with van der Waals surface area (Å²) in [5.41, 5.74) is 5.94. The Hall–Kier alpha value is -3.14. The molecule has 2 aromatic carbocycles. The molecular weight excluding hydrogens is 334 g/mol. The van der Waals surface area contributed by atoms with Gasteiger partial charge in [0.15, 0.2) is 0 Å². The highest BCUT2D eigenvalue weighted by atomic mass is 16.1. The molecule has 0 spiro atoms. The number of hydrogen-bond donors (Lipinski definition) is 1. The van der Waals surface area contributed by atoms with Gasteiger partial charge in [-0.05, 0) is 47.7 Å². The van der Waals surface area contributed by atoms with Gasteiger partial charge in [-0.1, -0.05) is 50.2 Å². The molecule has 4 heteroatoms. The Balaban J connectivity index is 1.59. The molecule has 27 heavy (non-hydrogen) atoms. The molecule has 0 unspecified atom stereocenters. The van der Waals surface area contributed by atoms with Crippen molar-refractivity contribution in [3.8, 4) is 0 Å². The average molecular weight is 357 g/mol. The van der Waals surface area contributed by atoms with E-state index in [1.807, 2.05) is 36.4 Å². The average Bonchev–Trinajstić information content (AvgIpc) is 3.12. The lowest BCUT2D eigenvalue weighted by molar-refractivity contribution is 0.102. The van der Waals surface area contributed by atoms with Crippen molar-refractivity contribution in [2.75, 3.05) is 16.8 Å². The lowest BCUT2D eigenvalue weighted by Crippen LogP contribution is -2.18. The van der Waals surface area contributed by atoms with Gasteiger partial charge in [0.05, 0.1) is 0 Å². The summed E-state index contributed by atoms with van der Waals surface area (Å²) in [4.78, 5) is 19.4. The predicted octanol–water partition coefficient (Wildman–Crippen LogP) is 5.15. The van der Waals surface area contributed by atoms with Crippen molar-refractivity contribution in [2.24, 2.45) is 0 Å². The number of para-hydroxylation sites is 2. The van der Waals surface area contributed by atoms with E-state index in [1.54, 1.807) is 6.20 Å². The minimum Gasteiger partial charge on any atom is -0.341 e. The topological polar surface area (TPSA) is 45.2 Å². The number of amides is 1. The highest BCUT2D eigenvalue weighted by molar-refractivity contribution is 6.04. The monoisotopic (exact) mass is 357 g/mol. The van der Waals surface area contributed by atoms with Gasteiger partial charge in [0, 0.05) is 29.8 Å². The number of carbonyl (C=O) groups is 1. The maximum atomic E-state index is 12.8. The summed E-state index contributed by atoms with van der Waals surface area (Å²) in [5, 5.41) is 3.03. The Kier molecular flexibility index (Phi) is 4.63. The molecule has 0 saturated carbocycles. The summed E-state index contributed by atoms with van der Waals surface area (Å²) < 4.78 is 0. The number of nitrogens with one attached hydrogen (secondary N) is 1. The van der Waals surface area contributed by atoms with E-state index < -0.39 is 0 Å². The van der Waals surface area contributed by atoms with Gasteiger partial charge in [-0.2, -0.15) is 0 Å². The lowest BCUT2D eigenvalue weighted by atomic mass is 10.0. The number of pyridine rings is 1. The quantitative estimate of drug-likeness (QED) is 0.702. The maximum Gasteiger partial charge on any atom is 0.274 e. The van der Waals surface area contributed by atoms with Gasteiger partial charge in [-0.3, -0.25) is 9.78 Å². The molecule has 1 aliphatic rings. The lowest BCUT2D eigenvalue weighted by Gasteiger charge is -2.20. The first kappa shape index (κ1) is 17.3. The molecule has 4 rings (SSSR count). The molecule has 1 aromatic heterocycles. The largest absolute Gasteiger partial charge is 0.341 e. The van der Waals surface area contributed by atoms with E-state index in [2.05, 4.69) is 53.3 Å². The van der Waals surface area contributed by atoms with Crippen molar-refractivity contribution in [1.29, 1.82) is 0 Å². The summed E-state index contributed by atoms with van der Waals surface area (Å²) in [6.07, 6.45) is 2.72. The van der Waals surface area contributed by atoms with E-state index in [4.69, 9.17) is 0 Å². The van der Waals surface area contributed by atoms with Crippen LogP contribution >= 0.6 is 0 Å². The van der Waals surface area contributed by atoms with Crippen LogP contribution in [-0.2, 0) is 6.42 Å². The standard InChI is InChI=1S/C23H23N3O/c1-16(2)19-8-4-5-9-20(19)25-23(27)21-15-18(11-13-24-21)26-14-12-17-7-3-6-10-22(17)26/h3-11,13,15-16H,12,14H2,1-2H3,(H,25,27). The SMILES string of the molecule is CC(C)c1ccccc1NC(=O)c1cc(N2CCc3ccccc32)ccn1. The summed E-state index contributed by atoms with van der Waals surface area (Å²) in [7, 11) is 0. The second-order valence-corrected chi connectivity index (χ2v) is 7.13. The van der Waals surface area contributed by atoms with Crippen LogP contribution < -0.4 is 10.2 Å². The van der Waals surface area contributed by atoms with Gasteiger partial charge in [-0.15, -0.1) is 0 Å². The van der Waals surface area contributed by atoms with Crippen LogP contribution in [0.5, 0.6) is 0 Å². The zero-order chi connectivity index (χ0) is 18.8. The van der Waals surface area contributed by atoms with E-state index >= 15 is 0 Å². The third-order valence-corrected chi connectivity index (χ3v) is 5.01. The second-order valence-electron chi connectivity index (χ2n) is 7.13. The Morgan fingerprint density at radius 1 is 1.07 bits per heavy atom. The molecule has 0 atom stereocenters. The molecule has 136 valence electrons. The predicted molar refractivity (Wildman–Crippen MR) is 110 cm³/mol. The molecule has 0 saturated heterocycles. The van der Waals surface area contributed by atoms with E-state index in [1.165, 1.54) is 11.3 Å². The summed E-state index contributed by atoms with van der Waals surface area (Å²) in [6, 6.07) is 20.2. The molecular formula is C23H23N3O. The van der Waals surface area contributed by atoms with Gasteiger partial charge >= 0.3 is 0 Å². The Morgan fingerprint density at radius 2 is 1.85 bits per heavy atom. The minimum atomic E-state index is -0.183. The number of fused-ring (bicyclic) bond motifs is 1. The number of hydrogen-bond acceptors (Lipinski definition) is 3. The Bertz CT molecular complexity index is 981. The fraction of sp³-hybridized carbons (Fsp3) is 0.217. The van der Waals surface area contributed by atoms with Gasteiger partial charge in [0.2, 0.25) is 0 Å². The third-order valence-electron chi connectivity index (χ3n) is 5.01. The van der Waals surface area contributed by atoms with Crippen molar-refractivity contribution in [1.82, 2.24) is 4.98 Å². The van der Waals surface area contributed by atoms with Crippen molar-refractivity contribution in [3.05, 3.63) is 83.7 Å². The first-order chi connectivity index (χ1) is 13.1. The minimum absolute atomic E-state index is 0.183. The van der Waals surface area contributed by atoms with Crippen LogP contribution in [0.1, 0.15) is 41.4 Å². The highest BCUT2D eigenvalue weighted by Gasteiger charge is 2.21. The zero-order valence-electron chi connectivity index (χ0n) is 15.6. The molecule has 2 heterocycles. The number of aromatic nitrogens is 1. The zero-order valence-corrected chi connectivity index (χ0v) is 15.6. The fourth-order valence-electron chi connectivity index (χ4n) is 3.62. The smallest absolute Gasteiger partial charge is 0.274 e. The van der Waals surface area contributed by atoms with Gasteiger partial charge in [-0.25, -0.2) is 0 Å². The van der Waals surface area contributed by atoms with Crippen molar-refractivity contribution >= 4 is 23.0 Å². The maximum absolute atomic E-state index is 12.8. The van der Waals surface area contributed by atoms with Crippen LogP contribution in [0, 0.1) is 0 Å². The molecule has 0 radical (unpaired) electrons. The van der Waals surface area contributed by atoms with Crippen LogP contribution in [0.2, 0.25) is 0 Å². The Morgan fingerprint density at radius 3 is 2.70 bits per heavy atom. The molecule has 0 aliphatic carbocycles. The van der Waals surface area contributed by atoms with Crippen LogP contribution in [0.15, 0.2) is 66.9 Å². The molecule has 1 N–H and O–H groups in total. The number of nitrogens with zero attached hydrogens (tertiary/aromatic N) is 2. The first-order valence-corrected chi connectivity index (χ1v) is 9.35. The van der Waals surface area contributed by atoms with E-state index in [0.717, 1.165) is 29.9 Å². The number of rotatable bonds is 4. The summed E-state index contributed by atoms with van der Waals surface area (Å²) in [6.45, 7) is 5.16. The van der Waals surface area contributed by atoms with Crippen LogP contribution in [0.3, 0.4) is 0 Å². The molecule has 0 bridgehead atoms. The normalized spacial score (nSPS) is 12.9. The van der Waals surface area contributed by atoms with Crippen molar-refractivity contribution in [3.63, 3.8) is 0 Å². The number of carbonyl (C=O) groups excluding carboxylic acids is 1. The first-order valence-electron chi connectivity index (χ1n) is 9.35. The van der Waals surface area contributed by atoms with Crippen LogP contribution in [0.4, 0.5) is 17.1 Å². The molecule has 0 fully saturated rings. The van der Waals surface area contributed by atoms with Crippen LogP contribution in [0.25, 0.3) is 0 Å². The van der Waals surface area contributed by atoms with E-state index in [0.29, 0.717) is 11.6 Å². The van der Waals surface area contributed by atoms with Gasteiger partial charge in [0.25, 0.3) is 5.91 Å². The van der Waals surface area contributed by atoms with Crippen molar-refractivity contribution < 1.29 is 4.79 Å².